The lowest BCUT2D eigenvalue weighted by Gasteiger charge is -2.33. The van der Waals surface area contributed by atoms with Crippen molar-refractivity contribution >= 4 is 17.8 Å². The van der Waals surface area contributed by atoms with E-state index in [-0.39, 0.29) is 18.0 Å². The molecule has 0 aliphatic heterocycles. The maximum atomic E-state index is 14.0. The SMILES string of the molecule is CCCCCCCCCCC(CCCCCCC(=O)OCCC(CCCCC)CCCCC)N(CCCN(C)C)C(=O)CCCCCCC(=O)OCCC(CCCCC)CCCCC. The molecule has 0 saturated carbocycles. The molecule has 380 valence electrons. The molecule has 64 heavy (non-hydrogen) atoms. The number of carbonyl (C=O) groups is 3. The van der Waals surface area contributed by atoms with Crippen LogP contribution in [0.2, 0.25) is 0 Å². The van der Waals surface area contributed by atoms with E-state index in [2.05, 4.69) is 58.5 Å². The molecule has 7 nitrogen and oxygen atoms in total. The summed E-state index contributed by atoms with van der Waals surface area (Å²) in [6.07, 6.45) is 45.4. The molecular formula is C57H112N2O5. The lowest BCUT2D eigenvalue weighted by Crippen LogP contribution is -2.41. The summed E-state index contributed by atoms with van der Waals surface area (Å²) in [6.45, 7) is 14.3. The van der Waals surface area contributed by atoms with Crippen molar-refractivity contribution in [2.75, 3.05) is 40.4 Å². The molecule has 0 aromatic rings. The Kier molecular flexibility index (Phi) is 46.6. The van der Waals surface area contributed by atoms with Gasteiger partial charge in [-0.2, -0.15) is 0 Å². The maximum Gasteiger partial charge on any atom is 0.305 e. The van der Waals surface area contributed by atoms with Gasteiger partial charge in [-0.3, -0.25) is 14.4 Å². The second-order valence-corrected chi connectivity index (χ2v) is 20.3. The van der Waals surface area contributed by atoms with E-state index < -0.39 is 0 Å². The van der Waals surface area contributed by atoms with Crippen LogP contribution >= 0.6 is 0 Å². The molecule has 1 unspecified atom stereocenters. The molecule has 0 aromatic heterocycles. The number of amides is 1. The molecule has 1 amide bonds. The summed E-state index contributed by atoms with van der Waals surface area (Å²) in [6, 6.07) is 0.287. The van der Waals surface area contributed by atoms with E-state index >= 15 is 0 Å². The smallest absolute Gasteiger partial charge is 0.305 e. The van der Waals surface area contributed by atoms with Gasteiger partial charge < -0.3 is 19.3 Å². The van der Waals surface area contributed by atoms with Crippen molar-refractivity contribution in [2.45, 2.75) is 297 Å². The number of nitrogens with zero attached hydrogens (tertiary/aromatic N) is 2. The fraction of sp³-hybridized carbons (Fsp3) is 0.947. The predicted octanol–water partition coefficient (Wildman–Crippen LogP) is 16.8. The van der Waals surface area contributed by atoms with Crippen LogP contribution in [0.3, 0.4) is 0 Å². The average molecular weight is 906 g/mol. The van der Waals surface area contributed by atoms with E-state index in [9.17, 15) is 14.4 Å². The number of ether oxygens (including phenoxy) is 2. The van der Waals surface area contributed by atoms with Crippen LogP contribution < -0.4 is 0 Å². The molecule has 1 atom stereocenters. The highest BCUT2D eigenvalue weighted by Gasteiger charge is 2.23. The van der Waals surface area contributed by atoms with Crippen molar-refractivity contribution in [3.05, 3.63) is 0 Å². The van der Waals surface area contributed by atoms with E-state index in [1.807, 2.05) is 0 Å². The van der Waals surface area contributed by atoms with Crippen LogP contribution in [0.1, 0.15) is 291 Å². The molecule has 0 rings (SSSR count). The third-order valence-electron chi connectivity index (χ3n) is 13.8. The van der Waals surface area contributed by atoms with Gasteiger partial charge in [-0.25, -0.2) is 0 Å². The van der Waals surface area contributed by atoms with Crippen LogP contribution in [0.25, 0.3) is 0 Å². The Balaban J connectivity index is 5.04. The highest BCUT2D eigenvalue weighted by Crippen LogP contribution is 2.24. The quantitative estimate of drug-likeness (QED) is 0.0447. The standard InChI is InChI=1S/C57H112N2O5/c1-8-13-18-19-20-21-22-31-41-54(42-32-23-25-34-44-56(61)63-50-46-52(37-27-14-9-2)38-28-15-10-3)59(49-36-48-58(6)7)55(60)43-33-24-26-35-45-57(62)64-51-47-53(39-29-16-11-4)40-30-17-12-5/h52-54H,8-51H2,1-7H3. The Morgan fingerprint density at radius 3 is 1.08 bits per heavy atom. The Morgan fingerprint density at radius 1 is 0.359 bits per heavy atom. The average Bonchev–Trinajstić information content (AvgIpc) is 3.27. The van der Waals surface area contributed by atoms with Crippen molar-refractivity contribution < 1.29 is 23.9 Å². The topological polar surface area (TPSA) is 76.2 Å². The molecule has 0 radical (unpaired) electrons. The minimum atomic E-state index is -0.0533. The molecular weight excluding hydrogens is 793 g/mol. The highest BCUT2D eigenvalue weighted by atomic mass is 16.5. The monoisotopic (exact) mass is 905 g/mol. The van der Waals surface area contributed by atoms with Crippen LogP contribution in [0.5, 0.6) is 0 Å². The zero-order valence-electron chi connectivity index (χ0n) is 44.3. The summed E-state index contributed by atoms with van der Waals surface area (Å²) in [5.74, 6) is 1.61. The molecule has 0 aliphatic rings. The minimum absolute atomic E-state index is 0.0271. The van der Waals surface area contributed by atoms with Gasteiger partial charge in [0.2, 0.25) is 5.91 Å². The molecule has 0 N–H and O–H groups in total. The Morgan fingerprint density at radius 2 is 0.688 bits per heavy atom. The van der Waals surface area contributed by atoms with Gasteiger partial charge in [0.15, 0.2) is 0 Å². The van der Waals surface area contributed by atoms with E-state index in [1.165, 1.54) is 154 Å². The zero-order chi connectivity index (χ0) is 47.1. The number of hydrogen-bond donors (Lipinski definition) is 0. The van der Waals surface area contributed by atoms with Crippen molar-refractivity contribution in [2.24, 2.45) is 11.8 Å². The fourth-order valence-corrected chi connectivity index (χ4v) is 9.50. The van der Waals surface area contributed by atoms with Crippen LogP contribution in [-0.2, 0) is 23.9 Å². The number of esters is 2. The third kappa shape index (κ3) is 40.6. The van der Waals surface area contributed by atoms with Gasteiger partial charge in [-0.1, -0.05) is 221 Å². The molecule has 0 aromatic carbocycles. The van der Waals surface area contributed by atoms with Crippen LogP contribution in [0, 0.1) is 11.8 Å². The maximum absolute atomic E-state index is 14.0. The Labute approximate surface area is 399 Å². The molecule has 0 heterocycles. The zero-order valence-corrected chi connectivity index (χ0v) is 44.3. The molecule has 0 spiro atoms. The number of hydrogen-bond acceptors (Lipinski definition) is 6. The molecule has 0 saturated heterocycles. The number of unbranched alkanes of at least 4 members (excludes halogenated alkanes) is 21. The first-order valence-electron chi connectivity index (χ1n) is 28.5. The van der Waals surface area contributed by atoms with Gasteiger partial charge in [0.1, 0.15) is 0 Å². The van der Waals surface area contributed by atoms with E-state index in [0.29, 0.717) is 50.2 Å². The summed E-state index contributed by atoms with van der Waals surface area (Å²) in [4.78, 5) is 43.8. The summed E-state index contributed by atoms with van der Waals surface area (Å²) in [5.41, 5.74) is 0. The first-order chi connectivity index (χ1) is 31.2. The number of rotatable bonds is 50. The molecule has 0 aliphatic carbocycles. The van der Waals surface area contributed by atoms with Gasteiger partial charge >= 0.3 is 11.9 Å². The summed E-state index contributed by atoms with van der Waals surface area (Å²) in [7, 11) is 4.24. The first-order valence-corrected chi connectivity index (χ1v) is 28.5. The highest BCUT2D eigenvalue weighted by molar-refractivity contribution is 5.76. The van der Waals surface area contributed by atoms with Crippen molar-refractivity contribution in [1.29, 1.82) is 0 Å². The fourth-order valence-electron chi connectivity index (χ4n) is 9.50. The Hall–Kier alpha value is -1.63. The second kappa shape index (κ2) is 47.8. The van der Waals surface area contributed by atoms with Gasteiger partial charge in [0.05, 0.1) is 13.2 Å². The van der Waals surface area contributed by atoms with Gasteiger partial charge in [0, 0.05) is 31.8 Å². The number of carbonyl (C=O) groups excluding carboxylic acids is 3. The summed E-state index contributed by atoms with van der Waals surface area (Å²) in [5, 5.41) is 0. The van der Waals surface area contributed by atoms with Crippen molar-refractivity contribution in [1.82, 2.24) is 9.80 Å². The van der Waals surface area contributed by atoms with Crippen LogP contribution in [-0.4, -0.2) is 74.1 Å². The van der Waals surface area contributed by atoms with E-state index in [1.54, 1.807) is 0 Å². The largest absolute Gasteiger partial charge is 0.466 e. The van der Waals surface area contributed by atoms with Gasteiger partial charge in [-0.15, -0.1) is 0 Å². The normalized spacial score (nSPS) is 12.2. The minimum Gasteiger partial charge on any atom is -0.466 e. The van der Waals surface area contributed by atoms with Crippen LogP contribution in [0.4, 0.5) is 0 Å². The summed E-state index contributed by atoms with van der Waals surface area (Å²) >= 11 is 0. The second-order valence-electron chi connectivity index (χ2n) is 20.3. The predicted molar refractivity (Wildman–Crippen MR) is 276 cm³/mol. The van der Waals surface area contributed by atoms with E-state index in [0.717, 1.165) is 96.6 Å². The van der Waals surface area contributed by atoms with Gasteiger partial charge in [0.25, 0.3) is 0 Å². The lowest BCUT2D eigenvalue weighted by atomic mass is 9.92. The van der Waals surface area contributed by atoms with Crippen LogP contribution in [0.15, 0.2) is 0 Å². The van der Waals surface area contributed by atoms with E-state index in [4.69, 9.17) is 9.47 Å². The Bertz CT molecular complexity index is 1000. The molecule has 0 fully saturated rings. The van der Waals surface area contributed by atoms with Crippen molar-refractivity contribution in [3.8, 4) is 0 Å². The first kappa shape index (κ1) is 62.4. The van der Waals surface area contributed by atoms with Crippen molar-refractivity contribution in [3.63, 3.8) is 0 Å². The molecule has 0 bridgehead atoms. The molecule has 7 heteroatoms. The van der Waals surface area contributed by atoms with Gasteiger partial charge in [-0.05, 0) is 83.8 Å². The third-order valence-corrected chi connectivity index (χ3v) is 13.8. The summed E-state index contributed by atoms with van der Waals surface area (Å²) < 4.78 is 11.4. The lowest BCUT2D eigenvalue weighted by molar-refractivity contribution is -0.145.